The molecule has 19 heteroatoms. The average molecular weight is 679 g/mol. The second-order valence-corrected chi connectivity index (χ2v) is 12.7. The van der Waals surface area contributed by atoms with Gasteiger partial charge in [0.1, 0.15) is 38.7 Å². The van der Waals surface area contributed by atoms with Crippen molar-refractivity contribution in [1.82, 2.24) is 30.6 Å². The van der Waals surface area contributed by atoms with Gasteiger partial charge in [-0.1, -0.05) is 0 Å². The topological polar surface area (TPSA) is 249 Å². The van der Waals surface area contributed by atoms with E-state index in [0.717, 1.165) is 47.0 Å². The molecule has 44 heavy (non-hydrogen) atoms. The molecule has 0 radical (unpaired) electrons. The number of nitrogens with one attached hydrogen (secondary N) is 2. The van der Waals surface area contributed by atoms with Crippen LogP contribution in [-0.4, -0.2) is 83.3 Å². The number of Topliss-reactive ketones (excluding diaryl/α,β-unsaturated/α-hetero) is 1. The van der Waals surface area contributed by atoms with Gasteiger partial charge in [0.2, 0.25) is 11.8 Å². The predicted octanol–water partition coefficient (Wildman–Crippen LogP) is 2.19. The quantitative estimate of drug-likeness (QED) is 0.130. The molecule has 0 aliphatic rings. The molecular weight excluding hydrogens is 653 g/mol. The first kappa shape index (κ1) is 36.3. The summed E-state index contributed by atoms with van der Waals surface area (Å²) in [4.78, 5) is 77.1. The van der Waals surface area contributed by atoms with E-state index in [1.165, 1.54) is 38.6 Å². The van der Waals surface area contributed by atoms with Crippen molar-refractivity contribution in [3.63, 3.8) is 0 Å². The molecule has 0 aromatic carbocycles. The van der Waals surface area contributed by atoms with E-state index in [0.29, 0.717) is 0 Å². The normalized spacial score (nSPS) is 13.3. The molecule has 2 rings (SSSR count). The molecule has 15 nitrogen and oxygen atoms in total. The second-order valence-electron chi connectivity index (χ2n) is 8.65. The Morgan fingerprint density at radius 3 is 1.41 bits per heavy atom. The minimum absolute atomic E-state index is 0.137. The van der Waals surface area contributed by atoms with Crippen LogP contribution in [0.4, 0.5) is 0 Å². The fraction of sp³-hybridized carbons (Fsp3) is 0.400. The molecular formula is C25H26N8O7S4. The van der Waals surface area contributed by atoms with Crippen molar-refractivity contribution in [3.8, 4) is 10.8 Å². The average Bonchev–Trinajstić information content (AvgIpc) is 2.96. The fourth-order valence-corrected chi connectivity index (χ4v) is 7.31. The lowest BCUT2D eigenvalue weighted by molar-refractivity contribution is -0.141. The highest BCUT2D eigenvalue weighted by Gasteiger charge is 2.30. The highest BCUT2D eigenvalue weighted by molar-refractivity contribution is 8.04. The first-order valence-corrected chi connectivity index (χ1v) is 16.2. The van der Waals surface area contributed by atoms with Crippen LogP contribution in [0, 0.1) is 21.3 Å². The van der Waals surface area contributed by atoms with Crippen LogP contribution in [0.5, 0.6) is 0 Å². The highest BCUT2D eigenvalue weighted by atomic mass is 32.2. The summed E-state index contributed by atoms with van der Waals surface area (Å²) in [6.07, 6.45) is 5.06. The van der Waals surface area contributed by atoms with Crippen molar-refractivity contribution in [2.75, 3.05) is 11.5 Å². The molecule has 2 aromatic rings. The minimum atomic E-state index is -1.28. The number of carboxylic acid groups (broad SMARTS) is 2. The van der Waals surface area contributed by atoms with Gasteiger partial charge in [-0.15, -0.1) is 23.5 Å². The lowest BCUT2D eigenvalue weighted by Crippen LogP contribution is -2.41. The molecule has 4 N–H and O–H groups in total. The van der Waals surface area contributed by atoms with Gasteiger partial charge < -0.3 is 20.8 Å². The standard InChI is InChI=1S/C25H26N8O7S4/c1-13(34)32-16(24(37)38)9-41-18(20-22(43-11-26)30-5-3-28-20)7-15(36)8-19(21-23(44-12-27)31-6-4-29-21)42-10-17(25(39)40)33-14(2)35/h3-6,16-19H,7-10H2,1-2H3,(H,32,34)(H,33,35)(H,37,38)(H,39,40). The number of thiocyanates is 2. The number of nitriles is 2. The number of aromatic nitrogens is 4. The number of aliphatic carboxylic acids is 2. The summed E-state index contributed by atoms with van der Waals surface area (Å²) in [6.45, 7) is 2.35. The Labute approximate surface area is 268 Å². The van der Waals surface area contributed by atoms with Crippen LogP contribution in [0.1, 0.15) is 48.6 Å². The summed E-state index contributed by atoms with van der Waals surface area (Å²) in [5.74, 6) is -4.31. The van der Waals surface area contributed by atoms with Crippen molar-refractivity contribution in [2.24, 2.45) is 0 Å². The molecule has 4 atom stereocenters. The first-order chi connectivity index (χ1) is 21.0. The zero-order valence-corrected chi connectivity index (χ0v) is 26.5. The molecule has 0 spiro atoms. The largest absolute Gasteiger partial charge is 0.480 e. The number of nitrogens with zero attached hydrogens (tertiary/aromatic N) is 6. The van der Waals surface area contributed by atoms with E-state index in [1.807, 2.05) is 10.8 Å². The van der Waals surface area contributed by atoms with Gasteiger partial charge in [-0.2, -0.15) is 10.5 Å². The minimum Gasteiger partial charge on any atom is -0.480 e. The van der Waals surface area contributed by atoms with Gasteiger partial charge in [-0.05, 0) is 0 Å². The molecule has 0 saturated heterocycles. The number of thioether (sulfide) groups is 4. The molecule has 4 unspecified atom stereocenters. The van der Waals surface area contributed by atoms with Crippen molar-refractivity contribution in [3.05, 3.63) is 36.2 Å². The molecule has 2 aromatic heterocycles. The van der Waals surface area contributed by atoms with Gasteiger partial charge in [-0.3, -0.25) is 24.4 Å². The summed E-state index contributed by atoms with van der Waals surface area (Å²) in [7, 11) is 0. The Bertz CT molecular complexity index is 1350. The zero-order valence-electron chi connectivity index (χ0n) is 23.2. The third-order valence-corrected chi connectivity index (χ3v) is 9.22. The SMILES string of the molecule is CC(=O)NC(CSC(CC(=O)CC(SCC(NC(C)=O)C(=O)O)c1nccnc1SC#N)c1nccnc1SC#N)C(=O)O. The maximum Gasteiger partial charge on any atom is 0.327 e. The summed E-state index contributed by atoms with van der Waals surface area (Å²) >= 11 is 3.51. The van der Waals surface area contributed by atoms with Gasteiger partial charge in [0.05, 0.1) is 21.9 Å². The molecule has 2 heterocycles. The summed E-state index contributed by atoms with van der Waals surface area (Å²) in [6, 6.07) is -2.54. The molecule has 0 bridgehead atoms. The number of hydrogen-bond donors (Lipinski definition) is 4. The molecule has 0 fully saturated rings. The summed E-state index contributed by atoms with van der Waals surface area (Å²) in [5.41, 5.74) is 0.538. The van der Waals surface area contributed by atoms with E-state index in [9.17, 15) is 44.7 Å². The van der Waals surface area contributed by atoms with Gasteiger partial charge in [0.25, 0.3) is 0 Å². The Morgan fingerprint density at radius 2 is 1.09 bits per heavy atom. The number of amides is 2. The Morgan fingerprint density at radius 1 is 0.727 bits per heavy atom. The fourth-order valence-electron chi connectivity index (χ4n) is 3.59. The number of hydrogen-bond acceptors (Lipinski definition) is 15. The number of ketones is 1. The van der Waals surface area contributed by atoms with Gasteiger partial charge in [0, 0.05) is 86.5 Å². The van der Waals surface area contributed by atoms with E-state index >= 15 is 0 Å². The molecule has 0 aliphatic carbocycles. The number of carbonyl (C=O) groups excluding carboxylic acids is 3. The van der Waals surface area contributed by atoms with Gasteiger partial charge >= 0.3 is 11.9 Å². The predicted molar refractivity (Wildman–Crippen MR) is 162 cm³/mol. The smallest absolute Gasteiger partial charge is 0.327 e. The third kappa shape index (κ3) is 12.0. The van der Waals surface area contributed by atoms with Crippen molar-refractivity contribution < 1.29 is 34.2 Å². The lowest BCUT2D eigenvalue weighted by Gasteiger charge is -2.22. The van der Waals surface area contributed by atoms with E-state index in [2.05, 4.69) is 30.6 Å². The number of rotatable bonds is 18. The molecule has 0 saturated carbocycles. The summed E-state index contributed by atoms with van der Waals surface area (Å²) in [5, 5.41) is 45.0. The molecule has 232 valence electrons. The van der Waals surface area contributed by atoms with Crippen molar-refractivity contribution in [2.45, 2.75) is 59.3 Å². The summed E-state index contributed by atoms with van der Waals surface area (Å²) < 4.78 is 0. The zero-order chi connectivity index (χ0) is 32.6. The second kappa shape index (κ2) is 18.7. The Kier molecular flexibility index (Phi) is 15.4. The van der Waals surface area contributed by atoms with E-state index in [-0.39, 0.29) is 51.6 Å². The van der Waals surface area contributed by atoms with Gasteiger partial charge in [-0.25, -0.2) is 19.6 Å². The van der Waals surface area contributed by atoms with Crippen LogP contribution in [-0.2, 0) is 24.0 Å². The van der Waals surface area contributed by atoms with Crippen LogP contribution in [0.3, 0.4) is 0 Å². The monoisotopic (exact) mass is 678 g/mol. The Balaban J connectivity index is 2.41. The van der Waals surface area contributed by atoms with Crippen LogP contribution >= 0.6 is 47.0 Å². The van der Waals surface area contributed by atoms with E-state index in [1.54, 1.807) is 0 Å². The van der Waals surface area contributed by atoms with Crippen LogP contribution in [0.2, 0.25) is 0 Å². The van der Waals surface area contributed by atoms with Crippen LogP contribution in [0.15, 0.2) is 34.8 Å². The number of carbonyl (C=O) groups is 5. The maximum absolute atomic E-state index is 13.6. The van der Waals surface area contributed by atoms with Gasteiger partial charge in [0.15, 0.2) is 0 Å². The van der Waals surface area contributed by atoms with Crippen LogP contribution in [0.25, 0.3) is 0 Å². The maximum atomic E-state index is 13.6. The highest BCUT2D eigenvalue weighted by Crippen LogP contribution is 2.40. The first-order valence-electron chi connectivity index (χ1n) is 12.4. The lowest BCUT2D eigenvalue weighted by atomic mass is 10.1. The van der Waals surface area contributed by atoms with Crippen LogP contribution < -0.4 is 10.6 Å². The van der Waals surface area contributed by atoms with E-state index in [4.69, 9.17) is 0 Å². The number of carboxylic acids is 2. The van der Waals surface area contributed by atoms with Crippen molar-refractivity contribution >= 4 is 76.6 Å². The Hall–Kier alpha value is -3.91. The van der Waals surface area contributed by atoms with Crippen molar-refractivity contribution in [1.29, 1.82) is 10.5 Å². The third-order valence-electron chi connectivity index (χ3n) is 5.38. The molecule has 0 aliphatic heterocycles. The molecule has 2 amide bonds. The van der Waals surface area contributed by atoms with E-state index < -0.39 is 46.3 Å².